The third kappa shape index (κ3) is 3.52. The van der Waals surface area contributed by atoms with Crippen molar-refractivity contribution < 1.29 is 0 Å². The first kappa shape index (κ1) is 13.0. The highest BCUT2D eigenvalue weighted by Crippen LogP contribution is 2.27. The lowest BCUT2D eigenvalue weighted by atomic mass is 9.82. The van der Waals surface area contributed by atoms with Gasteiger partial charge in [0.2, 0.25) is 0 Å². The molecule has 0 spiro atoms. The molecule has 0 bridgehead atoms. The van der Waals surface area contributed by atoms with Crippen LogP contribution >= 0.6 is 0 Å². The van der Waals surface area contributed by atoms with Crippen LogP contribution in [0.4, 0.5) is 0 Å². The van der Waals surface area contributed by atoms with Gasteiger partial charge in [-0.3, -0.25) is 0 Å². The molecule has 0 N–H and O–H groups in total. The second kappa shape index (κ2) is 5.34. The van der Waals surface area contributed by atoms with E-state index in [9.17, 15) is 0 Å². The second-order valence-corrected chi connectivity index (χ2v) is 5.59. The molecule has 0 aliphatic carbocycles. The van der Waals surface area contributed by atoms with Crippen LogP contribution in [0.25, 0.3) is 0 Å². The van der Waals surface area contributed by atoms with E-state index in [1.54, 1.807) is 0 Å². The molecule has 0 aliphatic heterocycles. The SMILES string of the molecule is C=CCCCc1cc(C)ccc1C(C)(C)C. The average molecular weight is 216 g/mol. The van der Waals surface area contributed by atoms with Crippen molar-refractivity contribution >= 4 is 0 Å². The summed E-state index contributed by atoms with van der Waals surface area (Å²) in [6, 6.07) is 6.85. The van der Waals surface area contributed by atoms with Gasteiger partial charge in [0.25, 0.3) is 0 Å². The second-order valence-electron chi connectivity index (χ2n) is 5.59. The molecule has 0 fully saturated rings. The Morgan fingerprint density at radius 3 is 2.50 bits per heavy atom. The van der Waals surface area contributed by atoms with Crippen molar-refractivity contribution in [2.45, 2.75) is 52.4 Å². The number of hydrogen-bond donors (Lipinski definition) is 0. The lowest BCUT2D eigenvalue weighted by molar-refractivity contribution is 0.580. The maximum Gasteiger partial charge on any atom is -0.0129 e. The number of benzene rings is 1. The predicted molar refractivity (Wildman–Crippen MR) is 73.0 cm³/mol. The lowest BCUT2D eigenvalue weighted by Gasteiger charge is -2.23. The van der Waals surface area contributed by atoms with E-state index >= 15 is 0 Å². The minimum absolute atomic E-state index is 0.247. The number of hydrogen-bond acceptors (Lipinski definition) is 0. The molecular weight excluding hydrogens is 192 g/mol. The van der Waals surface area contributed by atoms with Gasteiger partial charge in [-0.2, -0.15) is 0 Å². The van der Waals surface area contributed by atoms with Gasteiger partial charge in [0.15, 0.2) is 0 Å². The van der Waals surface area contributed by atoms with Gasteiger partial charge in [0.1, 0.15) is 0 Å². The largest absolute Gasteiger partial charge is 0.103 e. The zero-order valence-electron chi connectivity index (χ0n) is 11.1. The van der Waals surface area contributed by atoms with E-state index < -0.39 is 0 Å². The Balaban J connectivity index is 2.94. The van der Waals surface area contributed by atoms with Crippen LogP contribution in [0, 0.1) is 6.92 Å². The highest BCUT2D eigenvalue weighted by Gasteiger charge is 2.17. The highest BCUT2D eigenvalue weighted by atomic mass is 14.2. The van der Waals surface area contributed by atoms with Crippen molar-refractivity contribution in [3.63, 3.8) is 0 Å². The van der Waals surface area contributed by atoms with E-state index in [0.717, 1.165) is 6.42 Å². The smallest absolute Gasteiger partial charge is 0.0129 e. The first-order valence-electron chi connectivity index (χ1n) is 6.16. The van der Waals surface area contributed by atoms with Crippen LogP contribution in [0.3, 0.4) is 0 Å². The van der Waals surface area contributed by atoms with Crippen molar-refractivity contribution in [2.75, 3.05) is 0 Å². The molecule has 0 saturated carbocycles. The summed E-state index contributed by atoms with van der Waals surface area (Å²) < 4.78 is 0. The van der Waals surface area contributed by atoms with Crippen molar-refractivity contribution in [3.05, 3.63) is 47.5 Å². The fraction of sp³-hybridized carbons (Fsp3) is 0.500. The highest BCUT2D eigenvalue weighted by molar-refractivity contribution is 5.36. The summed E-state index contributed by atoms with van der Waals surface area (Å²) in [5.41, 5.74) is 4.61. The molecule has 0 aliphatic rings. The lowest BCUT2D eigenvalue weighted by Crippen LogP contribution is -2.14. The predicted octanol–water partition coefficient (Wildman–Crippen LogP) is 4.80. The third-order valence-electron chi connectivity index (χ3n) is 2.92. The molecule has 0 heterocycles. The summed E-state index contributed by atoms with van der Waals surface area (Å²) in [6.45, 7) is 12.8. The van der Waals surface area contributed by atoms with Crippen LogP contribution in [-0.2, 0) is 11.8 Å². The fourth-order valence-corrected chi connectivity index (χ4v) is 2.10. The van der Waals surface area contributed by atoms with E-state index in [1.165, 1.54) is 29.5 Å². The monoisotopic (exact) mass is 216 g/mol. The minimum atomic E-state index is 0.247. The summed E-state index contributed by atoms with van der Waals surface area (Å²) in [4.78, 5) is 0. The molecule has 88 valence electrons. The maximum absolute atomic E-state index is 3.78. The zero-order valence-corrected chi connectivity index (χ0v) is 11.1. The molecule has 0 unspecified atom stereocenters. The van der Waals surface area contributed by atoms with Gasteiger partial charge in [0, 0.05) is 0 Å². The fourth-order valence-electron chi connectivity index (χ4n) is 2.10. The van der Waals surface area contributed by atoms with Crippen LogP contribution in [0.2, 0.25) is 0 Å². The zero-order chi connectivity index (χ0) is 12.2. The summed E-state index contributed by atoms with van der Waals surface area (Å²) in [7, 11) is 0. The Labute approximate surface area is 100 Å². The van der Waals surface area contributed by atoms with Crippen LogP contribution in [0.15, 0.2) is 30.9 Å². The van der Waals surface area contributed by atoms with Crippen molar-refractivity contribution in [2.24, 2.45) is 0 Å². The molecule has 0 nitrogen and oxygen atoms in total. The molecular formula is C16H24. The average Bonchev–Trinajstić information content (AvgIpc) is 2.16. The first-order valence-corrected chi connectivity index (χ1v) is 6.16. The van der Waals surface area contributed by atoms with Crippen LogP contribution < -0.4 is 0 Å². The van der Waals surface area contributed by atoms with Gasteiger partial charge in [-0.15, -0.1) is 6.58 Å². The van der Waals surface area contributed by atoms with Crippen LogP contribution in [0.1, 0.15) is 50.3 Å². The molecule has 0 amide bonds. The van der Waals surface area contributed by atoms with Gasteiger partial charge >= 0.3 is 0 Å². The van der Waals surface area contributed by atoms with Crippen LogP contribution in [-0.4, -0.2) is 0 Å². The van der Waals surface area contributed by atoms with E-state index in [1.807, 2.05) is 6.08 Å². The molecule has 1 aromatic rings. The Bertz CT molecular complexity index is 353. The molecule has 1 rings (SSSR count). The molecule has 16 heavy (non-hydrogen) atoms. The van der Waals surface area contributed by atoms with Crippen molar-refractivity contribution in [3.8, 4) is 0 Å². The Kier molecular flexibility index (Phi) is 4.35. The number of allylic oxidation sites excluding steroid dienone is 1. The summed E-state index contributed by atoms with van der Waals surface area (Å²) in [5, 5.41) is 0. The van der Waals surface area contributed by atoms with Gasteiger partial charge < -0.3 is 0 Å². The number of aryl methyl sites for hydroxylation is 2. The summed E-state index contributed by atoms with van der Waals surface area (Å²) >= 11 is 0. The topological polar surface area (TPSA) is 0 Å². The Morgan fingerprint density at radius 2 is 1.94 bits per heavy atom. The standard InChI is InChI=1S/C16H24/c1-6-7-8-9-14-12-13(2)10-11-15(14)16(3,4)5/h6,10-12H,1,7-9H2,2-5H3. The van der Waals surface area contributed by atoms with Gasteiger partial charge in [-0.05, 0) is 42.7 Å². The quantitative estimate of drug-likeness (QED) is 0.501. The van der Waals surface area contributed by atoms with E-state index in [4.69, 9.17) is 0 Å². The van der Waals surface area contributed by atoms with E-state index in [0.29, 0.717) is 0 Å². The van der Waals surface area contributed by atoms with E-state index in [-0.39, 0.29) is 5.41 Å². The number of rotatable bonds is 4. The molecule has 1 aromatic carbocycles. The molecule has 0 saturated heterocycles. The van der Waals surface area contributed by atoms with Crippen LogP contribution in [0.5, 0.6) is 0 Å². The van der Waals surface area contributed by atoms with Crippen molar-refractivity contribution in [1.82, 2.24) is 0 Å². The molecule has 0 atom stereocenters. The molecule has 0 radical (unpaired) electrons. The third-order valence-corrected chi connectivity index (χ3v) is 2.92. The minimum Gasteiger partial charge on any atom is -0.103 e. The Hall–Kier alpha value is -1.04. The van der Waals surface area contributed by atoms with Gasteiger partial charge in [0.05, 0.1) is 0 Å². The van der Waals surface area contributed by atoms with Crippen molar-refractivity contribution in [1.29, 1.82) is 0 Å². The summed E-state index contributed by atoms with van der Waals surface area (Å²) in [6.07, 6.45) is 5.49. The normalized spacial score (nSPS) is 11.5. The van der Waals surface area contributed by atoms with Gasteiger partial charge in [-0.1, -0.05) is 50.6 Å². The molecule has 0 heteroatoms. The molecule has 0 aromatic heterocycles. The van der Waals surface area contributed by atoms with Gasteiger partial charge in [-0.25, -0.2) is 0 Å². The summed E-state index contributed by atoms with van der Waals surface area (Å²) in [5.74, 6) is 0. The first-order chi connectivity index (χ1) is 7.45. The number of unbranched alkanes of at least 4 members (excludes halogenated alkanes) is 1. The maximum atomic E-state index is 3.78. The Morgan fingerprint density at radius 1 is 1.25 bits per heavy atom. The van der Waals surface area contributed by atoms with E-state index in [2.05, 4.69) is 52.5 Å².